The summed E-state index contributed by atoms with van der Waals surface area (Å²) in [4.78, 5) is 57.9. The molecule has 11 heteroatoms. The van der Waals surface area contributed by atoms with Crippen LogP contribution in [-0.2, 0) is 28.7 Å². The number of ether oxygens (including phenoxy) is 2. The van der Waals surface area contributed by atoms with Gasteiger partial charge in [0.05, 0.1) is 37.1 Å². The Kier molecular flexibility index (Phi) is 12.0. The maximum absolute atomic E-state index is 14.6. The van der Waals surface area contributed by atoms with Gasteiger partial charge in [0.15, 0.2) is 0 Å². The van der Waals surface area contributed by atoms with Crippen molar-refractivity contribution in [1.29, 1.82) is 0 Å². The number of unbranched alkanes of at least 4 members (excludes halogenated alkanes) is 2. The van der Waals surface area contributed by atoms with E-state index in [1.54, 1.807) is 24.0 Å². The van der Waals surface area contributed by atoms with E-state index in [9.17, 15) is 24.3 Å². The van der Waals surface area contributed by atoms with E-state index in [1.807, 2.05) is 30.3 Å². The molecule has 3 fully saturated rings. The van der Waals surface area contributed by atoms with Crippen molar-refractivity contribution in [3.8, 4) is 0 Å². The van der Waals surface area contributed by atoms with Crippen LogP contribution in [0.3, 0.4) is 0 Å². The number of halogens is 1. The van der Waals surface area contributed by atoms with Gasteiger partial charge < -0.3 is 29.7 Å². The Hall–Kier alpha value is -3.02. The topological polar surface area (TPSA) is 125 Å². The molecule has 2 N–H and O–H groups in total. The maximum atomic E-state index is 14.6. The van der Waals surface area contributed by atoms with Crippen LogP contribution >= 0.6 is 15.9 Å². The number of carbonyl (C=O) groups is 4. The second kappa shape index (κ2) is 15.5. The zero-order chi connectivity index (χ0) is 32.7. The van der Waals surface area contributed by atoms with Gasteiger partial charge in [0.2, 0.25) is 17.7 Å². The average molecular weight is 689 g/mol. The van der Waals surface area contributed by atoms with Crippen molar-refractivity contribution in [1.82, 2.24) is 15.1 Å². The van der Waals surface area contributed by atoms with E-state index in [-0.39, 0.29) is 29.6 Å². The fraction of sp³-hybridized carbons (Fsp3) is 0.588. The number of esters is 1. The number of hydrogen-bond acceptors (Lipinski definition) is 7. The number of amides is 3. The Morgan fingerprint density at radius 3 is 2.62 bits per heavy atom. The number of alkyl halides is 1. The first-order valence-electron chi connectivity index (χ1n) is 15.9. The van der Waals surface area contributed by atoms with Crippen molar-refractivity contribution >= 4 is 39.6 Å². The van der Waals surface area contributed by atoms with Crippen molar-refractivity contribution in [2.45, 2.75) is 87.1 Å². The van der Waals surface area contributed by atoms with E-state index in [4.69, 9.17) is 9.47 Å². The molecule has 0 radical (unpaired) electrons. The summed E-state index contributed by atoms with van der Waals surface area (Å²) in [5.41, 5.74) is -0.626. The first kappa shape index (κ1) is 34.8. The quantitative estimate of drug-likeness (QED) is 0.111. The molecule has 1 spiro atoms. The highest BCUT2D eigenvalue weighted by molar-refractivity contribution is 9.09. The van der Waals surface area contributed by atoms with Crippen LogP contribution in [-0.4, -0.2) is 93.5 Å². The lowest BCUT2D eigenvalue weighted by Gasteiger charge is -2.39. The summed E-state index contributed by atoms with van der Waals surface area (Å²) in [6, 6.07) is 7.20. The molecule has 0 aromatic heterocycles. The molecule has 3 aliphatic heterocycles. The number of likely N-dealkylation sites (tertiary alicyclic amines) is 1. The molecule has 3 saturated heterocycles. The lowest BCUT2D eigenvalue weighted by molar-refractivity contribution is -0.160. The third-order valence-electron chi connectivity index (χ3n) is 9.10. The summed E-state index contributed by atoms with van der Waals surface area (Å²) in [5, 5.41) is 13.4. The SMILES string of the molecule is C=CCCC(=O)NC[C@H](C)OC(=O)[C@@H]1[C@H]2O[C@@]3(CC2Br)[C@H](C(=O)N(CC=C)CCCCC)N([C@H](CO)c2ccccc2)C(=O)[C@@H]13. The molecule has 10 nitrogen and oxygen atoms in total. The largest absolute Gasteiger partial charge is 0.460 e. The van der Waals surface area contributed by atoms with E-state index in [0.717, 1.165) is 19.3 Å². The number of fused-ring (bicyclic) bond motifs is 1. The van der Waals surface area contributed by atoms with Crippen LogP contribution in [0.15, 0.2) is 55.6 Å². The lowest BCUT2D eigenvalue weighted by atomic mass is 9.70. The van der Waals surface area contributed by atoms with Gasteiger partial charge in [-0.15, -0.1) is 13.2 Å². The summed E-state index contributed by atoms with van der Waals surface area (Å²) < 4.78 is 12.4. The van der Waals surface area contributed by atoms with Gasteiger partial charge in [0, 0.05) is 24.3 Å². The van der Waals surface area contributed by atoms with Crippen LogP contribution < -0.4 is 5.32 Å². The van der Waals surface area contributed by atoms with Crippen LogP contribution in [0, 0.1) is 11.8 Å². The number of aliphatic hydroxyl groups is 1. The molecule has 2 bridgehead atoms. The van der Waals surface area contributed by atoms with E-state index in [1.165, 1.54) is 4.90 Å². The van der Waals surface area contributed by atoms with Gasteiger partial charge in [0.1, 0.15) is 17.7 Å². The Labute approximate surface area is 274 Å². The molecule has 3 heterocycles. The van der Waals surface area contributed by atoms with E-state index < -0.39 is 60.2 Å². The molecule has 1 aromatic carbocycles. The molecule has 0 saturated carbocycles. The summed E-state index contributed by atoms with van der Waals surface area (Å²) >= 11 is 3.69. The van der Waals surface area contributed by atoms with Gasteiger partial charge in [-0.05, 0) is 31.7 Å². The van der Waals surface area contributed by atoms with E-state index in [2.05, 4.69) is 41.3 Å². The first-order valence-corrected chi connectivity index (χ1v) is 16.8. The van der Waals surface area contributed by atoms with Gasteiger partial charge >= 0.3 is 5.97 Å². The Morgan fingerprint density at radius 2 is 1.98 bits per heavy atom. The monoisotopic (exact) mass is 687 g/mol. The second-order valence-electron chi connectivity index (χ2n) is 12.2. The Morgan fingerprint density at radius 1 is 1.24 bits per heavy atom. The van der Waals surface area contributed by atoms with Gasteiger partial charge in [0.25, 0.3) is 0 Å². The highest BCUT2D eigenvalue weighted by Crippen LogP contribution is 2.61. The third kappa shape index (κ3) is 7.05. The third-order valence-corrected chi connectivity index (χ3v) is 9.94. The molecule has 3 aliphatic rings. The summed E-state index contributed by atoms with van der Waals surface area (Å²) in [5.74, 6) is -3.46. The van der Waals surface area contributed by atoms with Gasteiger partial charge in [-0.25, -0.2) is 0 Å². The molecule has 3 amide bonds. The van der Waals surface area contributed by atoms with Crippen LogP contribution in [0.1, 0.15) is 64.0 Å². The van der Waals surface area contributed by atoms with Crippen molar-refractivity contribution in [2.75, 3.05) is 26.2 Å². The predicted octanol–water partition coefficient (Wildman–Crippen LogP) is 3.69. The Balaban J connectivity index is 1.68. The molecule has 246 valence electrons. The summed E-state index contributed by atoms with van der Waals surface area (Å²) in [6.45, 7) is 11.7. The fourth-order valence-corrected chi connectivity index (χ4v) is 7.99. The number of benzene rings is 1. The molecule has 1 aromatic rings. The average Bonchev–Trinajstić information content (AvgIpc) is 3.62. The maximum Gasteiger partial charge on any atom is 0.312 e. The van der Waals surface area contributed by atoms with Crippen molar-refractivity contribution < 1.29 is 33.8 Å². The zero-order valence-corrected chi connectivity index (χ0v) is 27.8. The fourth-order valence-electron chi connectivity index (χ4n) is 7.05. The van der Waals surface area contributed by atoms with Crippen molar-refractivity contribution in [3.63, 3.8) is 0 Å². The van der Waals surface area contributed by atoms with Gasteiger partial charge in [-0.1, -0.05) is 78.2 Å². The van der Waals surface area contributed by atoms with Crippen molar-refractivity contribution in [2.24, 2.45) is 11.8 Å². The molecule has 8 atom stereocenters. The van der Waals surface area contributed by atoms with Gasteiger partial charge in [-0.3, -0.25) is 19.2 Å². The minimum atomic E-state index is -1.30. The Bertz CT molecular complexity index is 1250. The number of rotatable bonds is 17. The normalized spacial score (nSPS) is 27.9. The molecular weight excluding hydrogens is 642 g/mol. The van der Waals surface area contributed by atoms with Crippen molar-refractivity contribution in [3.05, 3.63) is 61.2 Å². The number of allylic oxidation sites excluding steroid dienone is 1. The summed E-state index contributed by atoms with van der Waals surface area (Å²) in [7, 11) is 0. The highest BCUT2D eigenvalue weighted by atomic mass is 79.9. The molecule has 45 heavy (non-hydrogen) atoms. The minimum absolute atomic E-state index is 0.115. The van der Waals surface area contributed by atoms with Gasteiger partial charge in [-0.2, -0.15) is 0 Å². The number of nitrogens with one attached hydrogen (secondary N) is 1. The molecular formula is C34H46BrN3O7. The van der Waals surface area contributed by atoms with Crippen LogP contribution in [0.2, 0.25) is 0 Å². The lowest BCUT2D eigenvalue weighted by Crippen LogP contribution is -2.57. The predicted molar refractivity (Wildman–Crippen MR) is 173 cm³/mol. The van der Waals surface area contributed by atoms with E-state index in [0.29, 0.717) is 31.5 Å². The van der Waals surface area contributed by atoms with E-state index >= 15 is 0 Å². The van der Waals surface area contributed by atoms with Crippen LogP contribution in [0.25, 0.3) is 0 Å². The first-order chi connectivity index (χ1) is 21.6. The van der Waals surface area contributed by atoms with Crippen LogP contribution in [0.5, 0.6) is 0 Å². The summed E-state index contributed by atoms with van der Waals surface area (Å²) in [6.07, 6.45) is 5.85. The number of aliphatic hydroxyl groups excluding tert-OH is 1. The number of carbonyl (C=O) groups excluding carboxylic acids is 4. The number of hydrogen-bond donors (Lipinski definition) is 2. The van der Waals surface area contributed by atoms with Crippen LogP contribution in [0.4, 0.5) is 0 Å². The zero-order valence-electron chi connectivity index (χ0n) is 26.2. The molecule has 1 unspecified atom stereocenters. The molecule has 0 aliphatic carbocycles. The number of nitrogens with zero attached hydrogens (tertiary/aromatic N) is 2. The standard InChI is InChI=1S/C34H46BrN3O7/c1-5-8-13-18-37(17-7-3)32(42)30-34-19-24(35)29(45-34)27(33(43)44-22(4)20-36-26(40)16-9-6-2)28(34)31(41)38(30)25(21-39)23-14-11-10-12-15-23/h6-7,10-12,14-15,22,24-25,27-30,39H,2-3,5,8-9,13,16-21H2,1,4H3,(H,36,40)/t22-,24?,25+,27-,28+,29-,30-,34+/m0/s1. The smallest absolute Gasteiger partial charge is 0.312 e. The molecule has 4 rings (SSSR count). The highest BCUT2D eigenvalue weighted by Gasteiger charge is 2.77. The minimum Gasteiger partial charge on any atom is -0.460 e. The second-order valence-corrected chi connectivity index (χ2v) is 13.4.